The van der Waals surface area contributed by atoms with Crippen LogP contribution in [0.15, 0.2) is 42.7 Å². The second-order valence-corrected chi connectivity index (χ2v) is 5.21. The van der Waals surface area contributed by atoms with Gasteiger partial charge in [-0.2, -0.15) is 0 Å². The maximum Gasteiger partial charge on any atom is 0.231 e. The minimum Gasteiger partial charge on any atom is -0.454 e. The van der Waals surface area contributed by atoms with Crippen LogP contribution >= 0.6 is 12.2 Å². The van der Waals surface area contributed by atoms with Crippen LogP contribution in [-0.2, 0) is 6.54 Å². The first kappa shape index (κ1) is 14.6. The minimum atomic E-state index is 0.263. The number of hydrogen-bond donors (Lipinski definition) is 1. The molecule has 2 heterocycles. The van der Waals surface area contributed by atoms with Gasteiger partial charge in [-0.3, -0.25) is 4.98 Å². The Morgan fingerprint density at radius 3 is 2.95 bits per heavy atom. The van der Waals surface area contributed by atoms with Gasteiger partial charge in [-0.1, -0.05) is 6.07 Å². The standard InChI is InChI=1S/C16H17N3O2S/c1-2-18-16(22)19(10-12-4-3-7-17-9-12)13-5-6-14-15(8-13)21-11-20-14/h3-9H,2,10-11H2,1H3,(H,18,22). The van der Waals surface area contributed by atoms with Crippen LogP contribution in [0.4, 0.5) is 5.69 Å². The Labute approximate surface area is 134 Å². The maximum atomic E-state index is 5.51. The van der Waals surface area contributed by atoms with Crippen molar-refractivity contribution in [1.29, 1.82) is 0 Å². The molecule has 0 amide bonds. The number of anilines is 1. The molecule has 0 bridgehead atoms. The summed E-state index contributed by atoms with van der Waals surface area (Å²) < 4.78 is 10.8. The fourth-order valence-electron chi connectivity index (χ4n) is 2.25. The summed E-state index contributed by atoms with van der Waals surface area (Å²) in [6.07, 6.45) is 3.60. The van der Waals surface area contributed by atoms with Crippen LogP contribution in [0.25, 0.3) is 0 Å². The van der Waals surface area contributed by atoms with Crippen LogP contribution in [0.5, 0.6) is 11.5 Å². The smallest absolute Gasteiger partial charge is 0.231 e. The highest BCUT2D eigenvalue weighted by Crippen LogP contribution is 2.35. The molecule has 6 heteroatoms. The molecule has 0 atom stereocenters. The summed E-state index contributed by atoms with van der Waals surface area (Å²) in [6.45, 7) is 3.69. The van der Waals surface area contributed by atoms with E-state index in [0.717, 1.165) is 29.3 Å². The number of rotatable bonds is 4. The molecular formula is C16H17N3O2S. The van der Waals surface area contributed by atoms with E-state index in [2.05, 4.69) is 10.3 Å². The van der Waals surface area contributed by atoms with Crippen LogP contribution in [0, 0.1) is 0 Å². The zero-order valence-electron chi connectivity index (χ0n) is 12.3. The molecule has 1 aliphatic heterocycles. The van der Waals surface area contributed by atoms with Gasteiger partial charge in [0.25, 0.3) is 0 Å². The molecular weight excluding hydrogens is 298 g/mol. The Bertz CT molecular complexity index is 664. The quantitative estimate of drug-likeness (QED) is 0.876. The molecule has 1 aromatic carbocycles. The fourth-order valence-corrected chi connectivity index (χ4v) is 2.57. The van der Waals surface area contributed by atoms with Gasteiger partial charge in [0, 0.05) is 30.7 Å². The van der Waals surface area contributed by atoms with Crippen molar-refractivity contribution in [1.82, 2.24) is 10.3 Å². The number of hydrogen-bond acceptors (Lipinski definition) is 4. The predicted molar refractivity (Wildman–Crippen MR) is 89.3 cm³/mol. The molecule has 5 nitrogen and oxygen atoms in total. The number of benzene rings is 1. The van der Waals surface area contributed by atoms with E-state index in [1.807, 2.05) is 48.4 Å². The van der Waals surface area contributed by atoms with Crippen LogP contribution in [-0.4, -0.2) is 23.4 Å². The molecule has 1 aliphatic rings. The highest BCUT2D eigenvalue weighted by atomic mass is 32.1. The average Bonchev–Trinajstić information content (AvgIpc) is 3.01. The van der Waals surface area contributed by atoms with Crippen LogP contribution in [0.1, 0.15) is 12.5 Å². The molecule has 1 N–H and O–H groups in total. The van der Waals surface area contributed by atoms with Crippen molar-refractivity contribution >= 4 is 23.0 Å². The first-order valence-electron chi connectivity index (χ1n) is 7.12. The average molecular weight is 315 g/mol. The molecule has 0 saturated heterocycles. The summed E-state index contributed by atoms with van der Waals surface area (Å²) in [4.78, 5) is 6.19. The summed E-state index contributed by atoms with van der Waals surface area (Å²) in [5.74, 6) is 1.51. The Morgan fingerprint density at radius 2 is 2.18 bits per heavy atom. The summed E-state index contributed by atoms with van der Waals surface area (Å²) >= 11 is 5.51. The molecule has 0 aliphatic carbocycles. The van der Waals surface area contributed by atoms with Crippen molar-refractivity contribution in [3.05, 3.63) is 48.3 Å². The van der Waals surface area contributed by atoms with Crippen molar-refractivity contribution in [3.63, 3.8) is 0 Å². The lowest BCUT2D eigenvalue weighted by atomic mass is 10.2. The van der Waals surface area contributed by atoms with Crippen LogP contribution in [0.2, 0.25) is 0 Å². The van der Waals surface area contributed by atoms with E-state index in [-0.39, 0.29) is 6.79 Å². The summed E-state index contributed by atoms with van der Waals surface area (Å²) in [7, 11) is 0. The number of fused-ring (bicyclic) bond motifs is 1. The first-order valence-corrected chi connectivity index (χ1v) is 7.52. The van der Waals surface area contributed by atoms with Gasteiger partial charge in [0.05, 0.1) is 6.54 Å². The van der Waals surface area contributed by atoms with E-state index in [1.165, 1.54) is 0 Å². The van der Waals surface area contributed by atoms with Gasteiger partial charge in [0.15, 0.2) is 16.6 Å². The van der Waals surface area contributed by atoms with Crippen molar-refractivity contribution in [2.75, 3.05) is 18.2 Å². The molecule has 0 saturated carbocycles. The van der Waals surface area contributed by atoms with Crippen molar-refractivity contribution in [3.8, 4) is 11.5 Å². The van der Waals surface area contributed by atoms with Gasteiger partial charge in [0.2, 0.25) is 6.79 Å². The van der Waals surface area contributed by atoms with Crippen molar-refractivity contribution < 1.29 is 9.47 Å². The number of aromatic nitrogens is 1. The predicted octanol–water partition coefficient (Wildman–Crippen LogP) is 2.71. The zero-order valence-corrected chi connectivity index (χ0v) is 13.1. The number of nitrogens with zero attached hydrogens (tertiary/aromatic N) is 2. The molecule has 1 aromatic heterocycles. The number of nitrogens with one attached hydrogen (secondary N) is 1. The molecule has 114 valence electrons. The van der Waals surface area contributed by atoms with Crippen LogP contribution in [0.3, 0.4) is 0 Å². The van der Waals surface area contributed by atoms with Crippen molar-refractivity contribution in [2.24, 2.45) is 0 Å². The zero-order chi connectivity index (χ0) is 15.4. The summed E-state index contributed by atoms with van der Waals surface area (Å²) in [6, 6.07) is 9.78. The number of thiocarbonyl (C=S) groups is 1. The molecule has 3 rings (SSSR count). The lowest BCUT2D eigenvalue weighted by molar-refractivity contribution is 0.174. The van der Waals surface area contributed by atoms with Gasteiger partial charge in [-0.15, -0.1) is 0 Å². The lowest BCUT2D eigenvalue weighted by Gasteiger charge is -2.26. The molecule has 0 unspecified atom stereocenters. The molecule has 0 radical (unpaired) electrons. The number of pyridine rings is 1. The van der Waals surface area contributed by atoms with E-state index in [4.69, 9.17) is 21.7 Å². The molecule has 2 aromatic rings. The van der Waals surface area contributed by atoms with Crippen molar-refractivity contribution in [2.45, 2.75) is 13.5 Å². The van der Waals surface area contributed by atoms with E-state index < -0.39 is 0 Å². The second kappa shape index (κ2) is 6.62. The molecule has 0 fully saturated rings. The lowest BCUT2D eigenvalue weighted by Crippen LogP contribution is -2.39. The Morgan fingerprint density at radius 1 is 1.32 bits per heavy atom. The van der Waals surface area contributed by atoms with Gasteiger partial charge in [0.1, 0.15) is 0 Å². The monoisotopic (exact) mass is 315 g/mol. The second-order valence-electron chi connectivity index (χ2n) is 4.82. The van der Waals surface area contributed by atoms with Gasteiger partial charge in [-0.25, -0.2) is 0 Å². The molecule has 22 heavy (non-hydrogen) atoms. The van der Waals surface area contributed by atoms with E-state index in [0.29, 0.717) is 11.7 Å². The molecule has 0 spiro atoms. The Balaban J connectivity index is 1.89. The number of ether oxygens (including phenoxy) is 2. The van der Waals surface area contributed by atoms with Gasteiger partial charge < -0.3 is 19.7 Å². The SMILES string of the molecule is CCNC(=S)N(Cc1cccnc1)c1ccc2c(c1)OCO2. The van der Waals surface area contributed by atoms with Crippen LogP contribution < -0.4 is 19.7 Å². The van der Waals surface area contributed by atoms with Gasteiger partial charge in [-0.05, 0) is 42.9 Å². The summed E-state index contributed by atoms with van der Waals surface area (Å²) in [5, 5.41) is 3.87. The third-order valence-electron chi connectivity index (χ3n) is 3.30. The summed E-state index contributed by atoms with van der Waals surface area (Å²) in [5.41, 5.74) is 2.04. The Hall–Kier alpha value is -2.34. The third-order valence-corrected chi connectivity index (χ3v) is 3.67. The van der Waals surface area contributed by atoms with Gasteiger partial charge >= 0.3 is 0 Å². The maximum absolute atomic E-state index is 5.51. The Kier molecular flexibility index (Phi) is 4.39. The van der Waals surface area contributed by atoms with E-state index in [9.17, 15) is 0 Å². The normalized spacial score (nSPS) is 12.0. The fraction of sp³-hybridized carbons (Fsp3) is 0.250. The van der Waals surface area contributed by atoms with E-state index >= 15 is 0 Å². The van der Waals surface area contributed by atoms with E-state index in [1.54, 1.807) is 6.20 Å². The minimum absolute atomic E-state index is 0.263. The highest BCUT2D eigenvalue weighted by molar-refractivity contribution is 7.80. The highest BCUT2D eigenvalue weighted by Gasteiger charge is 2.18. The third kappa shape index (κ3) is 3.12. The first-order chi connectivity index (χ1) is 10.8. The largest absolute Gasteiger partial charge is 0.454 e. The topological polar surface area (TPSA) is 46.6 Å².